The summed E-state index contributed by atoms with van der Waals surface area (Å²) in [6.45, 7) is 0. The average Bonchev–Trinajstić information content (AvgIpc) is 2.17. The monoisotopic (exact) mass is 276 g/mol. The summed E-state index contributed by atoms with van der Waals surface area (Å²) >= 11 is 3.13. The molecule has 1 aromatic heterocycles. The van der Waals surface area contributed by atoms with Gasteiger partial charge in [-0.2, -0.15) is 13.2 Å². The Bertz CT molecular complexity index is 510. The van der Waals surface area contributed by atoms with E-state index in [1.807, 2.05) is 0 Å². The number of alkyl halides is 3. The van der Waals surface area contributed by atoms with Crippen molar-refractivity contribution in [2.24, 2.45) is 0 Å². The zero-order valence-electron chi connectivity index (χ0n) is 7.22. The van der Waals surface area contributed by atoms with E-state index in [-0.39, 0.29) is 11.0 Å². The normalized spacial score (nSPS) is 12.0. The summed E-state index contributed by atoms with van der Waals surface area (Å²) < 4.78 is 38.2. The van der Waals surface area contributed by atoms with Crippen LogP contribution in [0.1, 0.15) is 5.56 Å². The third-order valence-electron chi connectivity index (χ3n) is 1.88. The third kappa shape index (κ3) is 1.81. The number of fused-ring (bicyclic) bond motifs is 1. The fourth-order valence-corrected chi connectivity index (χ4v) is 1.68. The van der Waals surface area contributed by atoms with Gasteiger partial charge in [-0.05, 0) is 28.1 Å². The minimum atomic E-state index is -4.41. The Kier molecular flexibility index (Phi) is 2.38. The van der Waals surface area contributed by atoms with Gasteiger partial charge in [0, 0.05) is 16.9 Å². The van der Waals surface area contributed by atoms with Gasteiger partial charge in [0.05, 0.1) is 5.56 Å². The summed E-state index contributed by atoms with van der Waals surface area (Å²) in [5, 5.41) is 0. The van der Waals surface area contributed by atoms with Crippen LogP contribution >= 0.6 is 15.9 Å². The van der Waals surface area contributed by atoms with Crippen LogP contribution in [-0.2, 0) is 6.18 Å². The van der Waals surface area contributed by atoms with Gasteiger partial charge < -0.3 is 0 Å². The van der Waals surface area contributed by atoms with Gasteiger partial charge in [0.1, 0.15) is 11.0 Å². The SMILES string of the molecule is FC(F)(F)c1ccc(Br)c2nccnc12. The summed E-state index contributed by atoms with van der Waals surface area (Å²) in [4.78, 5) is 7.54. The van der Waals surface area contributed by atoms with Crippen LogP contribution in [0.2, 0.25) is 0 Å². The zero-order chi connectivity index (χ0) is 11.1. The Morgan fingerprint density at radius 2 is 1.60 bits per heavy atom. The molecule has 0 aliphatic carbocycles. The Labute approximate surface area is 91.3 Å². The second-order valence-corrected chi connectivity index (χ2v) is 3.70. The quantitative estimate of drug-likeness (QED) is 0.737. The van der Waals surface area contributed by atoms with E-state index in [0.29, 0.717) is 4.47 Å². The number of hydrogen-bond donors (Lipinski definition) is 0. The highest BCUT2D eigenvalue weighted by molar-refractivity contribution is 9.10. The number of halogens is 4. The molecule has 0 radical (unpaired) electrons. The summed E-state index contributed by atoms with van der Waals surface area (Å²) in [5.41, 5.74) is -0.694. The van der Waals surface area contributed by atoms with Crippen molar-refractivity contribution in [1.82, 2.24) is 9.97 Å². The lowest BCUT2D eigenvalue weighted by Crippen LogP contribution is -2.07. The van der Waals surface area contributed by atoms with E-state index in [1.165, 1.54) is 18.5 Å². The van der Waals surface area contributed by atoms with E-state index < -0.39 is 11.7 Å². The molecule has 0 unspecified atom stereocenters. The molecule has 0 aliphatic rings. The number of aromatic nitrogens is 2. The summed E-state index contributed by atoms with van der Waals surface area (Å²) in [7, 11) is 0. The molecule has 0 N–H and O–H groups in total. The van der Waals surface area contributed by atoms with Gasteiger partial charge >= 0.3 is 6.18 Å². The lowest BCUT2D eigenvalue weighted by atomic mass is 10.1. The summed E-state index contributed by atoms with van der Waals surface area (Å²) in [6, 6.07) is 2.31. The van der Waals surface area contributed by atoms with Crippen molar-refractivity contribution in [2.45, 2.75) is 6.18 Å². The molecule has 0 aliphatic heterocycles. The minimum absolute atomic E-state index is 0.139. The van der Waals surface area contributed by atoms with Crippen LogP contribution < -0.4 is 0 Å². The first-order valence-corrected chi connectivity index (χ1v) is 4.76. The second-order valence-electron chi connectivity index (χ2n) is 2.85. The Morgan fingerprint density at radius 1 is 1.00 bits per heavy atom. The van der Waals surface area contributed by atoms with Crippen LogP contribution in [0.15, 0.2) is 29.0 Å². The first-order chi connectivity index (χ1) is 7.00. The maximum absolute atomic E-state index is 12.6. The van der Waals surface area contributed by atoms with Crippen molar-refractivity contribution >= 4 is 27.0 Å². The van der Waals surface area contributed by atoms with Gasteiger partial charge in [0.2, 0.25) is 0 Å². The van der Waals surface area contributed by atoms with Gasteiger partial charge in [-0.1, -0.05) is 0 Å². The van der Waals surface area contributed by atoms with Crippen LogP contribution in [0.4, 0.5) is 13.2 Å². The molecule has 0 fully saturated rings. The Hall–Kier alpha value is -1.17. The van der Waals surface area contributed by atoms with Gasteiger partial charge in [-0.15, -0.1) is 0 Å². The highest BCUT2D eigenvalue weighted by Crippen LogP contribution is 2.35. The predicted molar refractivity (Wildman–Crippen MR) is 52.2 cm³/mol. The van der Waals surface area contributed by atoms with Crippen molar-refractivity contribution in [3.8, 4) is 0 Å². The fraction of sp³-hybridized carbons (Fsp3) is 0.111. The molecule has 0 saturated heterocycles. The summed E-state index contributed by atoms with van der Waals surface area (Å²) in [5.74, 6) is 0. The predicted octanol–water partition coefficient (Wildman–Crippen LogP) is 3.41. The van der Waals surface area contributed by atoms with Crippen LogP contribution in [0.5, 0.6) is 0 Å². The van der Waals surface area contributed by atoms with E-state index >= 15 is 0 Å². The van der Waals surface area contributed by atoms with Crippen LogP contribution in [0, 0.1) is 0 Å². The van der Waals surface area contributed by atoms with Crippen molar-refractivity contribution in [3.05, 3.63) is 34.6 Å². The Balaban J connectivity index is 2.84. The maximum Gasteiger partial charge on any atom is 0.418 e. The molecule has 78 valence electrons. The van der Waals surface area contributed by atoms with Gasteiger partial charge in [-0.25, -0.2) is 0 Å². The van der Waals surface area contributed by atoms with Gasteiger partial charge in [0.15, 0.2) is 0 Å². The van der Waals surface area contributed by atoms with E-state index in [9.17, 15) is 13.2 Å². The first-order valence-electron chi connectivity index (χ1n) is 3.96. The number of nitrogens with zero attached hydrogens (tertiary/aromatic N) is 2. The molecule has 0 amide bonds. The van der Waals surface area contributed by atoms with E-state index in [4.69, 9.17) is 0 Å². The van der Waals surface area contributed by atoms with Crippen molar-refractivity contribution in [1.29, 1.82) is 0 Å². The smallest absolute Gasteiger partial charge is 0.252 e. The third-order valence-corrected chi connectivity index (χ3v) is 2.52. The molecule has 6 heteroatoms. The Morgan fingerprint density at radius 3 is 2.20 bits per heavy atom. The first kappa shape index (κ1) is 10.4. The van der Waals surface area contributed by atoms with E-state index in [0.717, 1.165) is 6.07 Å². The second kappa shape index (κ2) is 3.44. The van der Waals surface area contributed by atoms with E-state index in [2.05, 4.69) is 25.9 Å². The van der Waals surface area contributed by atoms with Crippen LogP contribution in [0.3, 0.4) is 0 Å². The largest absolute Gasteiger partial charge is 0.418 e. The molecule has 1 heterocycles. The molecule has 2 aromatic rings. The fourth-order valence-electron chi connectivity index (χ4n) is 1.25. The van der Waals surface area contributed by atoms with Crippen molar-refractivity contribution in [2.75, 3.05) is 0 Å². The molecule has 15 heavy (non-hydrogen) atoms. The molecule has 2 rings (SSSR count). The van der Waals surface area contributed by atoms with Crippen LogP contribution in [0.25, 0.3) is 11.0 Å². The van der Waals surface area contributed by atoms with E-state index in [1.54, 1.807) is 0 Å². The zero-order valence-corrected chi connectivity index (χ0v) is 8.80. The molecular formula is C9H4BrF3N2. The number of benzene rings is 1. The van der Waals surface area contributed by atoms with Gasteiger partial charge in [0.25, 0.3) is 0 Å². The summed E-state index contributed by atoms with van der Waals surface area (Å²) in [6.07, 6.45) is -1.81. The van der Waals surface area contributed by atoms with Crippen molar-refractivity contribution in [3.63, 3.8) is 0 Å². The highest BCUT2D eigenvalue weighted by Gasteiger charge is 2.33. The maximum atomic E-state index is 12.6. The molecule has 0 atom stereocenters. The lowest BCUT2D eigenvalue weighted by molar-refractivity contribution is -0.136. The molecular weight excluding hydrogens is 273 g/mol. The molecule has 0 saturated carbocycles. The van der Waals surface area contributed by atoms with Gasteiger partial charge in [-0.3, -0.25) is 9.97 Å². The molecule has 2 nitrogen and oxygen atoms in total. The van der Waals surface area contributed by atoms with Crippen molar-refractivity contribution < 1.29 is 13.2 Å². The number of rotatable bonds is 0. The molecule has 0 bridgehead atoms. The van der Waals surface area contributed by atoms with Crippen LogP contribution in [-0.4, -0.2) is 9.97 Å². The molecule has 0 spiro atoms. The lowest BCUT2D eigenvalue weighted by Gasteiger charge is -2.09. The highest BCUT2D eigenvalue weighted by atomic mass is 79.9. The topological polar surface area (TPSA) is 25.8 Å². The minimum Gasteiger partial charge on any atom is -0.252 e. The number of hydrogen-bond acceptors (Lipinski definition) is 2. The average molecular weight is 277 g/mol. The molecule has 1 aromatic carbocycles. The standard InChI is InChI=1S/C9H4BrF3N2/c10-6-2-1-5(9(11,12)13)7-8(6)15-4-3-14-7/h1-4H.